The van der Waals surface area contributed by atoms with Crippen LogP contribution in [0.2, 0.25) is 0 Å². The molecule has 1 unspecified atom stereocenters. The molecule has 1 rings (SSSR count). The molecule has 0 radical (unpaired) electrons. The predicted molar refractivity (Wildman–Crippen MR) is 49.5 cm³/mol. The van der Waals surface area contributed by atoms with Gasteiger partial charge in [-0.2, -0.15) is 13.2 Å². The van der Waals surface area contributed by atoms with Crippen molar-refractivity contribution in [1.29, 1.82) is 0 Å². The molecular weight excluding hydrogens is 213 g/mol. The average molecular weight is 222 g/mol. The molecular formula is C9H9F3OS. The first-order chi connectivity index (χ1) is 6.39. The Labute approximate surface area is 85.0 Å². The molecule has 0 saturated heterocycles. The van der Waals surface area contributed by atoms with Crippen LogP contribution in [0.5, 0.6) is 0 Å². The summed E-state index contributed by atoms with van der Waals surface area (Å²) in [6, 6.07) is 6.19. The van der Waals surface area contributed by atoms with Gasteiger partial charge in [-0.1, -0.05) is 12.1 Å². The van der Waals surface area contributed by atoms with Gasteiger partial charge in [0, 0.05) is 11.3 Å². The Kier molecular flexibility index (Phi) is 3.44. The van der Waals surface area contributed by atoms with Crippen LogP contribution in [0.1, 0.15) is 5.56 Å². The van der Waals surface area contributed by atoms with Crippen LogP contribution in [-0.2, 0) is 6.42 Å². The van der Waals surface area contributed by atoms with E-state index in [0.717, 1.165) is 0 Å². The Bertz CT molecular complexity index is 294. The van der Waals surface area contributed by atoms with Crippen molar-refractivity contribution in [2.24, 2.45) is 0 Å². The SMILES string of the molecule is OC(Cc1ccc(S)cc1)C(F)(F)F. The number of hydrogen-bond donors (Lipinski definition) is 2. The van der Waals surface area contributed by atoms with Gasteiger partial charge in [-0.15, -0.1) is 12.6 Å². The first kappa shape index (κ1) is 11.4. The van der Waals surface area contributed by atoms with Crippen molar-refractivity contribution in [1.82, 2.24) is 0 Å². The number of benzene rings is 1. The predicted octanol–water partition coefficient (Wildman–Crippen LogP) is 2.44. The molecule has 0 fully saturated rings. The van der Waals surface area contributed by atoms with Crippen molar-refractivity contribution >= 4 is 12.6 Å². The fraction of sp³-hybridized carbons (Fsp3) is 0.333. The first-order valence-corrected chi connectivity index (χ1v) is 4.37. The van der Waals surface area contributed by atoms with E-state index in [9.17, 15) is 13.2 Å². The summed E-state index contributed by atoms with van der Waals surface area (Å²) >= 11 is 3.99. The van der Waals surface area contributed by atoms with Gasteiger partial charge in [-0.3, -0.25) is 0 Å². The van der Waals surface area contributed by atoms with Gasteiger partial charge in [0.25, 0.3) is 0 Å². The molecule has 0 aliphatic carbocycles. The molecule has 0 aliphatic heterocycles. The Morgan fingerprint density at radius 3 is 2.14 bits per heavy atom. The van der Waals surface area contributed by atoms with Crippen LogP contribution in [0, 0.1) is 0 Å². The van der Waals surface area contributed by atoms with E-state index in [0.29, 0.717) is 10.5 Å². The molecule has 1 atom stereocenters. The highest BCUT2D eigenvalue weighted by atomic mass is 32.1. The number of hydrogen-bond acceptors (Lipinski definition) is 2. The van der Waals surface area contributed by atoms with Gasteiger partial charge in [0.15, 0.2) is 6.10 Å². The normalized spacial score (nSPS) is 14.1. The lowest BCUT2D eigenvalue weighted by Crippen LogP contribution is -2.30. The monoisotopic (exact) mass is 222 g/mol. The second-order valence-corrected chi connectivity index (χ2v) is 3.44. The van der Waals surface area contributed by atoms with Crippen LogP contribution >= 0.6 is 12.6 Å². The van der Waals surface area contributed by atoms with Crippen molar-refractivity contribution in [3.05, 3.63) is 29.8 Å². The second-order valence-electron chi connectivity index (χ2n) is 2.93. The second kappa shape index (κ2) is 4.23. The van der Waals surface area contributed by atoms with Crippen LogP contribution in [0.15, 0.2) is 29.2 Å². The molecule has 0 aliphatic rings. The van der Waals surface area contributed by atoms with Gasteiger partial charge in [0.05, 0.1) is 0 Å². The van der Waals surface area contributed by atoms with Gasteiger partial charge in [0.1, 0.15) is 0 Å². The van der Waals surface area contributed by atoms with Crippen LogP contribution in [0.3, 0.4) is 0 Å². The minimum Gasteiger partial charge on any atom is -0.383 e. The van der Waals surface area contributed by atoms with Crippen molar-refractivity contribution in [2.45, 2.75) is 23.6 Å². The topological polar surface area (TPSA) is 20.2 Å². The van der Waals surface area contributed by atoms with E-state index in [1.807, 2.05) is 0 Å². The minimum atomic E-state index is -4.56. The van der Waals surface area contributed by atoms with Gasteiger partial charge in [0.2, 0.25) is 0 Å². The minimum absolute atomic E-state index is 0.419. The quantitative estimate of drug-likeness (QED) is 0.736. The zero-order chi connectivity index (χ0) is 10.8. The number of aliphatic hydroxyl groups excluding tert-OH is 1. The van der Waals surface area contributed by atoms with Crippen molar-refractivity contribution < 1.29 is 18.3 Å². The molecule has 78 valence electrons. The van der Waals surface area contributed by atoms with Crippen LogP contribution < -0.4 is 0 Å². The maximum atomic E-state index is 11.9. The maximum Gasteiger partial charge on any atom is 0.414 e. The van der Waals surface area contributed by atoms with E-state index in [1.165, 1.54) is 12.1 Å². The standard InChI is InChI=1S/C9H9F3OS/c10-9(11,12)8(13)5-6-1-3-7(14)4-2-6/h1-4,8,13-14H,5H2. The lowest BCUT2D eigenvalue weighted by atomic mass is 10.1. The van der Waals surface area contributed by atoms with Gasteiger partial charge < -0.3 is 5.11 Å². The molecule has 14 heavy (non-hydrogen) atoms. The molecule has 0 saturated carbocycles. The zero-order valence-corrected chi connectivity index (χ0v) is 8.02. The molecule has 1 nitrogen and oxygen atoms in total. The van der Waals surface area contributed by atoms with E-state index >= 15 is 0 Å². The summed E-state index contributed by atoms with van der Waals surface area (Å²) in [5.41, 5.74) is 0.438. The molecule has 5 heteroatoms. The highest BCUT2D eigenvalue weighted by molar-refractivity contribution is 7.80. The summed E-state index contributed by atoms with van der Waals surface area (Å²) in [7, 11) is 0. The van der Waals surface area contributed by atoms with E-state index < -0.39 is 18.7 Å². The third-order valence-electron chi connectivity index (χ3n) is 1.74. The lowest BCUT2D eigenvalue weighted by Gasteiger charge is -2.14. The summed E-state index contributed by atoms with van der Waals surface area (Å²) in [6.07, 6.45) is -7.27. The number of alkyl halides is 3. The third kappa shape index (κ3) is 3.23. The molecule has 0 spiro atoms. The van der Waals surface area contributed by atoms with Crippen LogP contribution in [0.4, 0.5) is 13.2 Å². The molecule has 1 N–H and O–H groups in total. The van der Waals surface area contributed by atoms with Gasteiger partial charge in [-0.05, 0) is 17.7 Å². The first-order valence-electron chi connectivity index (χ1n) is 3.92. The van der Waals surface area contributed by atoms with Crippen molar-refractivity contribution in [3.8, 4) is 0 Å². The largest absolute Gasteiger partial charge is 0.414 e. The summed E-state index contributed by atoms with van der Waals surface area (Å²) in [4.78, 5) is 0.676. The number of thiol groups is 1. The van der Waals surface area contributed by atoms with Crippen molar-refractivity contribution in [2.75, 3.05) is 0 Å². The van der Waals surface area contributed by atoms with E-state index in [4.69, 9.17) is 5.11 Å². The fourth-order valence-electron chi connectivity index (χ4n) is 0.971. The average Bonchev–Trinajstić information content (AvgIpc) is 2.07. The number of aliphatic hydroxyl groups is 1. The Morgan fingerprint density at radius 1 is 1.21 bits per heavy atom. The lowest BCUT2D eigenvalue weighted by molar-refractivity contribution is -0.203. The van der Waals surface area contributed by atoms with Gasteiger partial charge in [-0.25, -0.2) is 0 Å². The summed E-state index contributed by atoms with van der Waals surface area (Å²) in [5, 5.41) is 8.76. The van der Waals surface area contributed by atoms with Crippen molar-refractivity contribution in [3.63, 3.8) is 0 Å². The smallest absolute Gasteiger partial charge is 0.383 e. The van der Waals surface area contributed by atoms with Crippen LogP contribution in [-0.4, -0.2) is 17.4 Å². The molecule has 0 amide bonds. The van der Waals surface area contributed by atoms with E-state index in [1.54, 1.807) is 12.1 Å². The van der Waals surface area contributed by atoms with Gasteiger partial charge >= 0.3 is 6.18 Å². The summed E-state index contributed by atoms with van der Waals surface area (Å²) < 4.78 is 35.8. The Morgan fingerprint density at radius 2 is 1.71 bits per heavy atom. The van der Waals surface area contributed by atoms with Crippen LogP contribution in [0.25, 0.3) is 0 Å². The molecule has 0 heterocycles. The maximum absolute atomic E-state index is 11.9. The fourth-order valence-corrected chi connectivity index (χ4v) is 1.12. The molecule has 1 aromatic carbocycles. The summed E-state index contributed by atoms with van der Waals surface area (Å²) in [5.74, 6) is 0. The number of halogens is 3. The van der Waals surface area contributed by atoms with E-state index in [-0.39, 0.29) is 0 Å². The number of rotatable bonds is 2. The third-order valence-corrected chi connectivity index (χ3v) is 2.04. The Hall–Kier alpha value is -0.680. The molecule has 0 bridgehead atoms. The highest BCUT2D eigenvalue weighted by Crippen LogP contribution is 2.23. The highest BCUT2D eigenvalue weighted by Gasteiger charge is 2.37. The molecule has 1 aromatic rings. The molecule has 0 aromatic heterocycles. The Balaban J connectivity index is 2.65. The van der Waals surface area contributed by atoms with E-state index in [2.05, 4.69) is 12.6 Å². The zero-order valence-electron chi connectivity index (χ0n) is 7.12. The summed E-state index contributed by atoms with van der Waals surface area (Å²) in [6.45, 7) is 0.